The number of urea groups is 1. The van der Waals surface area contributed by atoms with Crippen LogP contribution in [0.2, 0.25) is 0 Å². The molecule has 2 amide bonds. The molecule has 0 radical (unpaired) electrons. The first kappa shape index (κ1) is 21.9. The van der Waals surface area contributed by atoms with Crippen LogP contribution >= 0.6 is 0 Å². The van der Waals surface area contributed by atoms with E-state index in [9.17, 15) is 4.79 Å². The number of ether oxygens (including phenoxy) is 1. The van der Waals surface area contributed by atoms with Gasteiger partial charge in [-0.25, -0.2) is 4.79 Å². The lowest BCUT2D eigenvalue weighted by atomic mass is 9.80. The third-order valence-corrected chi connectivity index (χ3v) is 9.31. The first-order chi connectivity index (χ1) is 16.1. The zero-order chi connectivity index (χ0) is 22.6. The normalized spacial score (nSPS) is 39.0. The summed E-state index contributed by atoms with van der Waals surface area (Å²) in [7, 11) is 0. The van der Waals surface area contributed by atoms with Gasteiger partial charge in [0.25, 0.3) is 0 Å². The van der Waals surface area contributed by atoms with Crippen LogP contribution in [0.15, 0.2) is 30.3 Å². The molecule has 2 bridgehead atoms. The molecule has 5 saturated heterocycles. The molecule has 5 aliphatic rings. The summed E-state index contributed by atoms with van der Waals surface area (Å²) in [6.45, 7) is 10.2. The molecule has 0 aliphatic carbocycles. The molecule has 1 spiro atoms. The number of hydrogen-bond acceptors (Lipinski definition) is 4. The van der Waals surface area contributed by atoms with E-state index < -0.39 is 0 Å². The maximum Gasteiger partial charge on any atom is 0.321 e. The van der Waals surface area contributed by atoms with Crippen LogP contribution in [0.5, 0.6) is 0 Å². The van der Waals surface area contributed by atoms with Gasteiger partial charge >= 0.3 is 6.03 Å². The molecule has 0 saturated carbocycles. The molecule has 5 fully saturated rings. The summed E-state index contributed by atoms with van der Waals surface area (Å²) in [6.07, 6.45) is 5.83. The van der Waals surface area contributed by atoms with Gasteiger partial charge in [-0.15, -0.1) is 0 Å². The minimum Gasteiger partial charge on any atom is -0.379 e. The molecule has 6 nitrogen and oxygen atoms in total. The van der Waals surface area contributed by atoms with Gasteiger partial charge in [0.1, 0.15) is 0 Å². The first-order valence-electron chi connectivity index (χ1n) is 13.2. The van der Waals surface area contributed by atoms with Crippen LogP contribution in [0.3, 0.4) is 0 Å². The topological polar surface area (TPSA) is 48.1 Å². The molecule has 5 heterocycles. The number of nitrogens with zero attached hydrogens (tertiary/aromatic N) is 3. The van der Waals surface area contributed by atoms with Gasteiger partial charge in [0, 0.05) is 50.3 Å². The smallest absolute Gasteiger partial charge is 0.321 e. The SMILES string of the molecule is CC(C)N1C(=O)N(C2CCOC2)CC12CC1CCC(C2)N1C[C@H]1CNC[C@@H]1c1ccccc1. The van der Waals surface area contributed by atoms with Crippen LogP contribution in [0.4, 0.5) is 4.79 Å². The number of nitrogens with one attached hydrogen (secondary N) is 1. The van der Waals surface area contributed by atoms with E-state index in [0.29, 0.717) is 30.5 Å². The Morgan fingerprint density at radius 1 is 1.06 bits per heavy atom. The minimum atomic E-state index is 0.00291. The van der Waals surface area contributed by atoms with Crippen molar-refractivity contribution in [3.05, 3.63) is 35.9 Å². The van der Waals surface area contributed by atoms with Crippen molar-refractivity contribution in [2.24, 2.45) is 5.92 Å². The van der Waals surface area contributed by atoms with Crippen molar-refractivity contribution in [3.63, 3.8) is 0 Å². The molecule has 1 aromatic carbocycles. The number of piperidine rings is 1. The van der Waals surface area contributed by atoms with Crippen molar-refractivity contribution in [1.29, 1.82) is 0 Å². The molecule has 1 N–H and O–H groups in total. The van der Waals surface area contributed by atoms with Crippen LogP contribution in [-0.2, 0) is 4.74 Å². The van der Waals surface area contributed by atoms with E-state index in [1.165, 1.54) is 24.9 Å². The second-order valence-corrected chi connectivity index (χ2v) is 11.5. The van der Waals surface area contributed by atoms with Crippen molar-refractivity contribution < 1.29 is 9.53 Å². The fraction of sp³-hybridized carbons (Fsp3) is 0.741. The van der Waals surface area contributed by atoms with Crippen molar-refractivity contribution in [1.82, 2.24) is 20.0 Å². The fourth-order valence-corrected chi connectivity index (χ4v) is 7.95. The van der Waals surface area contributed by atoms with Crippen LogP contribution < -0.4 is 5.32 Å². The van der Waals surface area contributed by atoms with Crippen molar-refractivity contribution in [2.45, 2.75) is 81.6 Å². The van der Waals surface area contributed by atoms with E-state index >= 15 is 0 Å². The Labute approximate surface area is 198 Å². The fourth-order valence-electron chi connectivity index (χ4n) is 7.95. The zero-order valence-corrected chi connectivity index (χ0v) is 20.3. The summed E-state index contributed by atoms with van der Waals surface area (Å²) in [4.78, 5) is 20.9. The van der Waals surface area contributed by atoms with Crippen LogP contribution in [-0.4, -0.2) is 89.8 Å². The van der Waals surface area contributed by atoms with Crippen molar-refractivity contribution >= 4 is 6.03 Å². The van der Waals surface area contributed by atoms with Crippen LogP contribution in [0, 0.1) is 5.92 Å². The highest BCUT2D eigenvalue weighted by Crippen LogP contribution is 2.49. The Morgan fingerprint density at radius 2 is 1.82 bits per heavy atom. The second-order valence-electron chi connectivity index (χ2n) is 11.5. The molecule has 1 aromatic rings. The third-order valence-electron chi connectivity index (χ3n) is 9.31. The van der Waals surface area contributed by atoms with Gasteiger partial charge in [-0.1, -0.05) is 30.3 Å². The lowest BCUT2D eigenvalue weighted by Gasteiger charge is -2.50. The van der Waals surface area contributed by atoms with Gasteiger partial charge in [0.2, 0.25) is 0 Å². The third kappa shape index (κ3) is 3.69. The number of carbonyl (C=O) groups is 1. The Morgan fingerprint density at radius 3 is 2.48 bits per heavy atom. The number of fused-ring (bicyclic) bond motifs is 2. The monoisotopic (exact) mass is 452 g/mol. The Kier molecular flexibility index (Phi) is 5.66. The number of carbonyl (C=O) groups excluding carboxylic acids is 1. The number of rotatable bonds is 5. The van der Waals surface area contributed by atoms with Gasteiger partial charge in [-0.2, -0.15) is 0 Å². The predicted octanol–water partition coefficient (Wildman–Crippen LogP) is 3.29. The van der Waals surface area contributed by atoms with E-state index in [4.69, 9.17) is 4.74 Å². The Hall–Kier alpha value is -1.63. The zero-order valence-electron chi connectivity index (χ0n) is 20.3. The number of amides is 2. The van der Waals surface area contributed by atoms with Crippen molar-refractivity contribution in [3.8, 4) is 0 Å². The average molecular weight is 453 g/mol. The highest BCUT2D eigenvalue weighted by molar-refractivity contribution is 5.79. The molecule has 180 valence electrons. The lowest BCUT2D eigenvalue weighted by molar-refractivity contribution is 0.00920. The number of benzene rings is 1. The highest BCUT2D eigenvalue weighted by atomic mass is 16.5. The Balaban J connectivity index is 1.20. The standard InChI is InChI=1S/C27H40N4O2/c1-19(2)31-26(32)30(24-10-11-33-17-24)18-27(31)12-22-8-9-23(13-27)29(22)16-21-14-28-15-25(21)20-6-4-3-5-7-20/h3-7,19,21-25,28H,8-18H2,1-2H3/t21-,22?,23?,24?,25-,27?/m1/s1. The largest absolute Gasteiger partial charge is 0.379 e. The van der Waals surface area contributed by atoms with E-state index in [1.807, 2.05) is 0 Å². The molecule has 6 heteroatoms. The van der Waals surface area contributed by atoms with Gasteiger partial charge in [-0.3, -0.25) is 4.90 Å². The molecule has 5 atom stereocenters. The lowest BCUT2D eigenvalue weighted by Crippen LogP contribution is -2.60. The minimum absolute atomic E-state index is 0.00291. The van der Waals surface area contributed by atoms with E-state index in [2.05, 4.69) is 64.2 Å². The van der Waals surface area contributed by atoms with Gasteiger partial charge in [0.05, 0.1) is 18.2 Å². The van der Waals surface area contributed by atoms with Gasteiger partial charge in [0.15, 0.2) is 0 Å². The molecule has 3 unspecified atom stereocenters. The summed E-state index contributed by atoms with van der Waals surface area (Å²) in [5.74, 6) is 1.28. The van der Waals surface area contributed by atoms with E-state index in [0.717, 1.165) is 45.5 Å². The second kappa shape index (κ2) is 8.54. The number of hydrogen-bond donors (Lipinski definition) is 1. The highest BCUT2D eigenvalue weighted by Gasteiger charge is 2.59. The van der Waals surface area contributed by atoms with Gasteiger partial charge in [-0.05, 0) is 64.0 Å². The molecular formula is C27H40N4O2. The van der Waals surface area contributed by atoms with Crippen LogP contribution in [0.1, 0.15) is 57.4 Å². The average Bonchev–Trinajstić information content (AvgIpc) is 3.58. The summed E-state index contributed by atoms with van der Waals surface area (Å²) in [6, 6.07) is 13.1. The van der Waals surface area contributed by atoms with E-state index in [1.54, 1.807) is 0 Å². The molecule has 5 aliphatic heterocycles. The molecule has 33 heavy (non-hydrogen) atoms. The van der Waals surface area contributed by atoms with Gasteiger partial charge < -0.3 is 19.9 Å². The summed E-state index contributed by atoms with van der Waals surface area (Å²) in [5, 5.41) is 3.68. The van der Waals surface area contributed by atoms with Crippen molar-refractivity contribution in [2.75, 3.05) is 39.4 Å². The summed E-state index contributed by atoms with van der Waals surface area (Å²) >= 11 is 0. The summed E-state index contributed by atoms with van der Waals surface area (Å²) < 4.78 is 5.66. The maximum atomic E-state index is 13.6. The first-order valence-corrected chi connectivity index (χ1v) is 13.2. The summed E-state index contributed by atoms with van der Waals surface area (Å²) in [5.41, 5.74) is 1.48. The predicted molar refractivity (Wildman–Crippen MR) is 129 cm³/mol. The quantitative estimate of drug-likeness (QED) is 0.745. The maximum absolute atomic E-state index is 13.6. The van der Waals surface area contributed by atoms with Crippen LogP contribution in [0.25, 0.3) is 0 Å². The molecule has 6 rings (SSSR count). The molecular weight excluding hydrogens is 412 g/mol. The van der Waals surface area contributed by atoms with E-state index in [-0.39, 0.29) is 23.7 Å². The Bertz CT molecular complexity index is 841. The molecule has 0 aromatic heterocycles.